The second-order valence-corrected chi connectivity index (χ2v) is 4.14. The van der Waals surface area contributed by atoms with Crippen LogP contribution in [0.25, 0.3) is 0 Å². The maximum absolute atomic E-state index is 9.22. The fourth-order valence-electron chi connectivity index (χ4n) is 1.36. The highest BCUT2D eigenvalue weighted by Crippen LogP contribution is 2.15. The second-order valence-electron chi connectivity index (χ2n) is 4.14. The van der Waals surface area contributed by atoms with E-state index in [1.165, 1.54) is 0 Å². The number of pyridine rings is 1. The number of anilines is 1. The van der Waals surface area contributed by atoms with Crippen LogP contribution in [-0.4, -0.2) is 22.7 Å². The Hall–Kier alpha value is -1.60. The first-order valence-corrected chi connectivity index (χ1v) is 5.33. The third-order valence-electron chi connectivity index (χ3n) is 2.48. The van der Waals surface area contributed by atoms with Gasteiger partial charge in [0.05, 0.1) is 18.2 Å². The molecule has 0 radical (unpaired) electrons. The average Bonchev–Trinajstić information content (AvgIpc) is 2.25. The number of nitriles is 1. The van der Waals surface area contributed by atoms with Gasteiger partial charge in [0.15, 0.2) is 0 Å². The highest BCUT2D eigenvalue weighted by molar-refractivity contribution is 5.52. The largest absolute Gasteiger partial charge is 0.394 e. The summed E-state index contributed by atoms with van der Waals surface area (Å²) in [5, 5.41) is 21.3. The van der Waals surface area contributed by atoms with Crippen molar-refractivity contribution in [2.75, 3.05) is 11.9 Å². The van der Waals surface area contributed by atoms with Gasteiger partial charge >= 0.3 is 0 Å². The summed E-state index contributed by atoms with van der Waals surface area (Å²) in [5.41, 5.74) is 1.35. The highest BCUT2D eigenvalue weighted by Gasteiger charge is 2.14. The second kappa shape index (κ2) is 5.47. The topological polar surface area (TPSA) is 68.9 Å². The van der Waals surface area contributed by atoms with E-state index in [0.717, 1.165) is 5.69 Å². The van der Waals surface area contributed by atoms with E-state index in [2.05, 4.69) is 16.4 Å². The van der Waals surface area contributed by atoms with E-state index in [0.29, 0.717) is 11.4 Å². The molecule has 0 aliphatic heterocycles. The van der Waals surface area contributed by atoms with E-state index in [1.807, 2.05) is 20.8 Å². The van der Waals surface area contributed by atoms with Gasteiger partial charge in [0.2, 0.25) is 0 Å². The standard InChI is InChI=1S/C12H17N3O/c1-8(2)11(7-16)15-12-10(6-13)5-4-9(3)14-12/h4-5,8,11,16H,7H2,1-3H3,(H,14,15)/t11-/m1/s1. The van der Waals surface area contributed by atoms with Crippen LogP contribution in [0.3, 0.4) is 0 Å². The van der Waals surface area contributed by atoms with Crippen molar-refractivity contribution in [2.24, 2.45) is 5.92 Å². The van der Waals surface area contributed by atoms with Gasteiger partial charge in [0, 0.05) is 5.69 Å². The molecule has 0 bridgehead atoms. The van der Waals surface area contributed by atoms with Gasteiger partial charge in [-0.3, -0.25) is 0 Å². The number of aromatic nitrogens is 1. The van der Waals surface area contributed by atoms with E-state index >= 15 is 0 Å². The molecule has 0 spiro atoms. The highest BCUT2D eigenvalue weighted by atomic mass is 16.3. The molecular formula is C12H17N3O. The lowest BCUT2D eigenvalue weighted by Gasteiger charge is -2.21. The quantitative estimate of drug-likeness (QED) is 0.808. The lowest BCUT2D eigenvalue weighted by atomic mass is 10.1. The Labute approximate surface area is 95.9 Å². The molecule has 1 aromatic rings. The van der Waals surface area contributed by atoms with Gasteiger partial charge in [-0.15, -0.1) is 0 Å². The molecule has 0 saturated carbocycles. The van der Waals surface area contributed by atoms with Gasteiger partial charge < -0.3 is 10.4 Å². The molecule has 86 valence electrons. The molecule has 1 aromatic heterocycles. The predicted octanol–water partition coefficient (Wildman–Crippen LogP) is 1.69. The number of aliphatic hydroxyl groups excluding tert-OH is 1. The van der Waals surface area contributed by atoms with E-state index in [9.17, 15) is 5.11 Å². The molecule has 1 atom stereocenters. The van der Waals surface area contributed by atoms with Crippen molar-refractivity contribution in [1.82, 2.24) is 4.98 Å². The van der Waals surface area contributed by atoms with Crippen LogP contribution >= 0.6 is 0 Å². The minimum Gasteiger partial charge on any atom is -0.394 e. The zero-order valence-electron chi connectivity index (χ0n) is 9.86. The Kier molecular flexibility index (Phi) is 4.27. The van der Waals surface area contributed by atoms with E-state index in [4.69, 9.17) is 5.26 Å². The van der Waals surface area contributed by atoms with Gasteiger partial charge in [-0.2, -0.15) is 5.26 Å². The van der Waals surface area contributed by atoms with Gasteiger partial charge in [0.25, 0.3) is 0 Å². The van der Waals surface area contributed by atoms with Gasteiger partial charge in [-0.1, -0.05) is 13.8 Å². The number of hydrogen-bond donors (Lipinski definition) is 2. The minimum atomic E-state index is -0.0820. The summed E-state index contributed by atoms with van der Waals surface area (Å²) in [6.45, 7) is 5.92. The molecule has 0 amide bonds. The summed E-state index contributed by atoms with van der Waals surface area (Å²) in [5.74, 6) is 0.828. The van der Waals surface area contributed by atoms with Gasteiger partial charge in [-0.25, -0.2) is 4.98 Å². The molecule has 1 rings (SSSR count). The predicted molar refractivity (Wildman–Crippen MR) is 63.0 cm³/mol. The molecule has 0 fully saturated rings. The molecule has 4 heteroatoms. The monoisotopic (exact) mass is 219 g/mol. The summed E-state index contributed by atoms with van der Waals surface area (Å²) < 4.78 is 0. The Bertz CT molecular complexity index is 396. The number of rotatable bonds is 4. The normalized spacial score (nSPS) is 12.2. The summed E-state index contributed by atoms with van der Waals surface area (Å²) in [6, 6.07) is 5.54. The number of aliphatic hydroxyl groups is 1. The first-order chi connectivity index (χ1) is 7.58. The van der Waals surface area contributed by atoms with Crippen molar-refractivity contribution in [1.29, 1.82) is 5.26 Å². The smallest absolute Gasteiger partial charge is 0.144 e. The van der Waals surface area contributed by atoms with Crippen molar-refractivity contribution in [3.05, 3.63) is 23.4 Å². The van der Waals surface area contributed by atoms with Crippen molar-refractivity contribution in [2.45, 2.75) is 26.8 Å². The maximum atomic E-state index is 9.22. The van der Waals surface area contributed by atoms with Crippen molar-refractivity contribution < 1.29 is 5.11 Å². The Morgan fingerprint density at radius 3 is 2.69 bits per heavy atom. The van der Waals surface area contributed by atoms with Crippen LogP contribution in [0, 0.1) is 24.2 Å². The van der Waals surface area contributed by atoms with E-state index in [1.54, 1.807) is 12.1 Å². The van der Waals surface area contributed by atoms with E-state index in [-0.39, 0.29) is 18.6 Å². The van der Waals surface area contributed by atoms with E-state index < -0.39 is 0 Å². The van der Waals surface area contributed by atoms with Crippen LogP contribution in [0.4, 0.5) is 5.82 Å². The number of aryl methyl sites for hydroxylation is 1. The van der Waals surface area contributed by atoms with Crippen LogP contribution < -0.4 is 5.32 Å². The first kappa shape index (κ1) is 12.5. The van der Waals surface area contributed by atoms with Crippen LogP contribution in [0.1, 0.15) is 25.1 Å². The zero-order valence-corrected chi connectivity index (χ0v) is 9.86. The summed E-state index contributed by atoms with van der Waals surface area (Å²) in [4.78, 5) is 4.27. The molecular weight excluding hydrogens is 202 g/mol. The Morgan fingerprint density at radius 1 is 1.50 bits per heavy atom. The summed E-state index contributed by atoms with van der Waals surface area (Å²) in [7, 11) is 0. The molecule has 16 heavy (non-hydrogen) atoms. The number of nitrogens with zero attached hydrogens (tertiary/aromatic N) is 2. The molecule has 4 nitrogen and oxygen atoms in total. The molecule has 0 aliphatic carbocycles. The van der Waals surface area contributed by atoms with Crippen LogP contribution in [0.5, 0.6) is 0 Å². The SMILES string of the molecule is Cc1ccc(C#N)c(N[C@H](CO)C(C)C)n1. The Balaban J connectivity index is 2.95. The minimum absolute atomic E-state index is 0.0259. The fraction of sp³-hybridized carbons (Fsp3) is 0.500. The summed E-state index contributed by atoms with van der Waals surface area (Å²) >= 11 is 0. The molecule has 0 aromatic carbocycles. The molecule has 0 unspecified atom stereocenters. The third kappa shape index (κ3) is 2.94. The maximum Gasteiger partial charge on any atom is 0.144 e. The van der Waals surface area contributed by atoms with Crippen LogP contribution in [-0.2, 0) is 0 Å². The lowest BCUT2D eigenvalue weighted by Crippen LogP contribution is -2.30. The summed E-state index contributed by atoms with van der Waals surface area (Å²) in [6.07, 6.45) is 0. The Morgan fingerprint density at radius 2 is 2.19 bits per heavy atom. The van der Waals surface area contributed by atoms with Crippen LogP contribution in [0.2, 0.25) is 0 Å². The molecule has 0 saturated heterocycles. The third-order valence-corrected chi connectivity index (χ3v) is 2.48. The van der Waals surface area contributed by atoms with Gasteiger partial charge in [-0.05, 0) is 25.0 Å². The average molecular weight is 219 g/mol. The zero-order chi connectivity index (χ0) is 12.1. The molecule has 0 aliphatic rings. The molecule has 1 heterocycles. The van der Waals surface area contributed by atoms with Crippen molar-refractivity contribution in [3.8, 4) is 6.07 Å². The van der Waals surface area contributed by atoms with Crippen molar-refractivity contribution in [3.63, 3.8) is 0 Å². The van der Waals surface area contributed by atoms with Crippen LogP contribution in [0.15, 0.2) is 12.1 Å². The van der Waals surface area contributed by atoms with Crippen molar-refractivity contribution >= 4 is 5.82 Å². The first-order valence-electron chi connectivity index (χ1n) is 5.33. The number of nitrogens with one attached hydrogen (secondary N) is 1. The lowest BCUT2D eigenvalue weighted by molar-refractivity contribution is 0.249. The fourth-order valence-corrected chi connectivity index (χ4v) is 1.36. The molecule has 2 N–H and O–H groups in total. The van der Waals surface area contributed by atoms with Gasteiger partial charge in [0.1, 0.15) is 11.9 Å². The number of hydrogen-bond acceptors (Lipinski definition) is 4.